The minimum Gasteiger partial charge on any atom is -0.394 e. The highest BCUT2D eigenvalue weighted by molar-refractivity contribution is 4.97. The van der Waals surface area contributed by atoms with Crippen molar-refractivity contribution < 1.29 is 69.6 Å². The Hall–Kier alpha value is -0.560. The second-order valence-electron chi connectivity index (χ2n) is 12.3. The molecule has 3 heterocycles. The first-order chi connectivity index (χ1) is 19.6. The lowest BCUT2D eigenvalue weighted by atomic mass is 9.74. The van der Waals surface area contributed by atoms with Gasteiger partial charge in [0.05, 0.1) is 43.7 Å². The van der Waals surface area contributed by atoms with Crippen LogP contribution in [-0.4, -0.2) is 151 Å². The third kappa shape index (κ3) is 6.76. The topological polar surface area (TPSA) is 228 Å². The third-order valence-corrected chi connectivity index (χ3v) is 9.61. The van der Waals surface area contributed by atoms with Crippen molar-refractivity contribution in [3.63, 3.8) is 0 Å². The van der Waals surface area contributed by atoms with Crippen LogP contribution < -0.4 is 0 Å². The molecule has 15 unspecified atom stereocenters. The van der Waals surface area contributed by atoms with Crippen LogP contribution in [0.15, 0.2) is 0 Å². The fourth-order valence-corrected chi connectivity index (χ4v) is 7.12. The molecule has 9 N–H and O–H groups in total. The van der Waals surface area contributed by atoms with Crippen molar-refractivity contribution in [1.29, 1.82) is 0 Å². The molecule has 14 heteroatoms. The predicted octanol–water partition coefficient (Wildman–Crippen LogP) is -3.13. The predicted molar refractivity (Wildman–Crippen MR) is 136 cm³/mol. The Morgan fingerprint density at radius 3 is 1.78 bits per heavy atom. The summed E-state index contributed by atoms with van der Waals surface area (Å²) in [7, 11) is 0. The molecule has 0 radical (unpaired) electrons. The van der Waals surface area contributed by atoms with Crippen LogP contribution in [-0.2, 0) is 23.7 Å². The van der Waals surface area contributed by atoms with Crippen LogP contribution in [0.2, 0.25) is 0 Å². The highest BCUT2D eigenvalue weighted by atomic mass is 16.8. The van der Waals surface area contributed by atoms with Crippen LogP contribution in [0.1, 0.15) is 51.4 Å². The molecule has 0 amide bonds. The Balaban J connectivity index is 1.37. The minimum absolute atomic E-state index is 0.0565. The van der Waals surface area contributed by atoms with Gasteiger partial charge in [-0.3, -0.25) is 0 Å². The van der Waals surface area contributed by atoms with E-state index in [1.807, 2.05) is 0 Å². The molecule has 238 valence electrons. The average Bonchev–Trinajstić information content (AvgIpc) is 2.97. The van der Waals surface area contributed by atoms with Gasteiger partial charge in [-0.25, -0.2) is 0 Å². The van der Waals surface area contributed by atoms with E-state index in [9.17, 15) is 46.0 Å². The number of aliphatic hydroxyl groups excluding tert-OH is 9. The smallest absolute Gasteiger partial charge is 0.187 e. The second kappa shape index (κ2) is 13.6. The lowest BCUT2D eigenvalue weighted by molar-refractivity contribution is -0.378. The maximum atomic E-state index is 11.0. The van der Waals surface area contributed by atoms with Gasteiger partial charge in [0.1, 0.15) is 48.8 Å². The van der Waals surface area contributed by atoms with E-state index in [0.29, 0.717) is 44.9 Å². The van der Waals surface area contributed by atoms with E-state index in [1.165, 1.54) is 0 Å². The third-order valence-electron chi connectivity index (χ3n) is 9.61. The van der Waals surface area contributed by atoms with Crippen molar-refractivity contribution in [2.24, 2.45) is 11.8 Å². The molecule has 5 rings (SSSR count). The van der Waals surface area contributed by atoms with Crippen LogP contribution in [0, 0.1) is 11.8 Å². The first-order valence-electron chi connectivity index (χ1n) is 14.9. The van der Waals surface area contributed by atoms with Crippen LogP contribution in [0.25, 0.3) is 0 Å². The van der Waals surface area contributed by atoms with Gasteiger partial charge in [-0.05, 0) is 63.2 Å². The van der Waals surface area contributed by atoms with Gasteiger partial charge in [-0.1, -0.05) is 0 Å². The van der Waals surface area contributed by atoms with Gasteiger partial charge >= 0.3 is 0 Å². The maximum absolute atomic E-state index is 11.0. The quantitative estimate of drug-likeness (QED) is 0.142. The van der Waals surface area contributed by atoms with Crippen LogP contribution in [0.3, 0.4) is 0 Å². The van der Waals surface area contributed by atoms with Crippen LogP contribution in [0.5, 0.6) is 0 Å². The molecule has 3 saturated heterocycles. The summed E-state index contributed by atoms with van der Waals surface area (Å²) in [5, 5.41) is 92.2. The lowest BCUT2D eigenvalue weighted by Gasteiger charge is -2.50. The summed E-state index contributed by atoms with van der Waals surface area (Å²) in [6.07, 6.45) is -12.1. The van der Waals surface area contributed by atoms with Gasteiger partial charge in [-0.2, -0.15) is 0 Å². The zero-order valence-corrected chi connectivity index (χ0v) is 23.0. The lowest BCUT2D eigenvalue weighted by Crippen LogP contribution is -2.65. The van der Waals surface area contributed by atoms with Gasteiger partial charge in [0.25, 0.3) is 0 Å². The van der Waals surface area contributed by atoms with Crippen molar-refractivity contribution in [1.82, 2.24) is 0 Å². The maximum Gasteiger partial charge on any atom is 0.187 e. The van der Waals surface area contributed by atoms with E-state index in [1.54, 1.807) is 0 Å². The Morgan fingerprint density at radius 2 is 1.12 bits per heavy atom. The summed E-state index contributed by atoms with van der Waals surface area (Å²) >= 11 is 0. The minimum atomic E-state index is -1.76. The van der Waals surface area contributed by atoms with Gasteiger partial charge in [0.15, 0.2) is 12.6 Å². The summed E-state index contributed by atoms with van der Waals surface area (Å²) < 4.78 is 30.2. The standard InChI is InChI=1S/C27H46O14/c28-9-17-19(32)21(34)23(36)26(39-17)41-25-22(35)20(33)18(10-29)40-27(25)38-16-7-12-3-6-14(31)8-15(12)37-24(16)11-1-4-13(30)5-2-11/h11-36H,1-10H2. The van der Waals surface area contributed by atoms with E-state index in [-0.39, 0.29) is 24.0 Å². The molecule has 5 aliphatic rings. The van der Waals surface area contributed by atoms with Crippen molar-refractivity contribution in [3.8, 4) is 0 Å². The molecule has 5 fully saturated rings. The summed E-state index contributed by atoms with van der Waals surface area (Å²) in [6.45, 7) is -1.31. The fraction of sp³-hybridized carbons (Fsp3) is 1.00. The fourth-order valence-electron chi connectivity index (χ4n) is 7.12. The number of aliphatic hydroxyl groups is 9. The highest BCUT2D eigenvalue weighted by Crippen LogP contribution is 2.43. The Kier molecular flexibility index (Phi) is 10.6. The molecule has 2 saturated carbocycles. The van der Waals surface area contributed by atoms with Gasteiger partial charge in [0, 0.05) is 0 Å². The first-order valence-corrected chi connectivity index (χ1v) is 14.9. The Morgan fingerprint density at radius 1 is 0.537 bits per heavy atom. The van der Waals surface area contributed by atoms with Crippen molar-refractivity contribution >= 4 is 0 Å². The summed E-state index contributed by atoms with van der Waals surface area (Å²) in [5.74, 6) is 0.160. The molecule has 2 aliphatic carbocycles. The van der Waals surface area contributed by atoms with Gasteiger partial charge in [-0.15, -0.1) is 0 Å². The SMILES string of the molecule is OCC1OC(OC2C(OC3CC4CCC(O)CC4OC3C3CCC(O)CC3)OC(CO)C(O)C2O)C(O)C(O)C1O. The van der Waals surface area contributed by atoms with Crippen LogP contribution in [0.4, 0.5) is 0 Å². The molecule has 14 nitrogen and oxygen atoms in total. The van der Waals surface area contributed by atoms with E-state index in [4.69, 9.17) is 23.7 Å². The second-order valence-corrected chi connectivity index (χ2v) is 12.3. The number of hydrogen-bond acceptors (Lipinski definition) is 14. The van der Waals surface area contributed by atoms with Gasteiger partial charge < -0.3 is 69.6 Å². The Bertz CT molecular complexity index is 826. The molecule has 3 aliphatic heterocycles. The molecule has 0 aromatic carbocycles. The van der Waals surface area contributed by atoms with Crippen molar-refractivity contribution in [2.75, 3.05) is 13.2 Å². The Labute approximate surface area is 238 Å². The molecular formula is C27H46O14. The first kappa shape index (κ1) is 31.9. The molecule has 41 heavy (non-hydrogen) atoms. The zero-order chi connectivity index (χ0) is 29.4. The number of hydrogen-bond donors (Lipinski definition) is 9. The average molecular weight is 595 g/mol. The normalized spacial score (nSPS) is 53.0. The summed E-state index contributed by atoms with van der Waals surface area (Å²) in [6, 6.07) is 0. The largest absolute Gasteiger partial charge is 0.394 e. The summed E-state index contributed by atoms with van der Waals surface area (Å²) in [4.78, 5) is 0. The number of rotatable bonds is 7. The van der Waals surface area contributed by atoms with Crippen molar-refractivity contribution in [2.45, 2.75) is 143 Å². The molecular weight excluding hydrogens is 548 g/mol. The van der Waals surface area contributed by atoms with Crippen LogP contribution >= 0.6 is 0 Å². The molecule has 0 bridgehead atoms. The number of ether oxygens (including phenoxy) is 5. The highest BCUT2D eigenvalue weighted by Gasteiger charge is 2.53. The zero-order valence-electron chi connectivity index (χ0n) is 23.0. The van der Waals surface area contributed by atoms with E-state index in [2.05, 4.69) is 0 Å². The summed E-state index contributed by atoms with van der Waals surface area (Å²) in [5.41, 5.74) is 0. The molecule has 0 spiro atoms. The van der Waals surface area contributed by atoms with E-state index in [0.717, 1.165) is 6.42 Å². The van der Waals surface area contributed by atoms with E-state index < -0.39 is 92.9 Å². The number of fused-ring (bicyclic) bond motifs is 1. The molecule has 0 aromatic rings. The van der Waals surface area contributed by atoms with Gasteiger partial charge in [0.2, 0.25) is 0 Å². The molecule has 15 atom stereocenters. The van der Waals surface area contributed by atoms with E-state index >= 15 is 0 Å². The van der Waals surface area contributed by atoms with Crippen molar-refractivity contribution in [3.05, 3.63) is 0 Å². The molecule has 0 aromatic heterocycles. The monoisotopic (exact) mass is 594 g/mol.